The number of nitrogens with two attached hydrogens (primary N) is 4. The Bertz CT molecular complexity index is 776. The molecule has 0 aliphatic carbocycles. The highest BCUT2D eigenvalue weighted by Crippen LogP contribution is 2.09. The normalized spacial score (nSPS) is 14.2. The van der Waals surface area contributed by atoms with Gasteiger partial charge in [-0.25, -0.2) is 4.79 Å². The van der Waals surface area contributed by atoms with Crippen LogP contribution in [0.3, 0.4) is 0 Å². The molecular formula is C22H41N7O7. The number of carboxylic acids is 1. The van der Waals surface area contributed by atoms with Crippen molar-refractivity contribution in [1.82, 2.24) is 16.0 Å². The maximum absolute atomic E-state index is 13.1. The van der Waals surface area contributed by atoms with E-state index in [-0.39, 0.29) is 44.4 Å². The Hall–Kier alpha value is -3.26. The van der Waals surface area contributed by atoms with Crippen molar-refractivity contribution in [1.29, 1.82) is 0 Å². The predicted molar refractivity (Wildman–Crippen MR) is 131 cm³/mol. The molecule has 0 aromatic carbocycles. The van der Waals surface area contributed by atoms with Gasteiger partial charge in [0.15, 0.2) is 0 Å². The second-order valence-electron chi connectivity index (χ2n) is 9.05. The van der Waals surface area contributed by atoms with Gasteiger partial charge in [-0.3, -0.25) is 24.0 Å². The number of carboxylic acid groups (broad SMARTS) is 1. The molecule has 5 amide bonds. The van der Waals surface area contributed by atoms with Gasteiger partial charge in [0.2, 0.25) is 29.5 Å². The average molecular weight is 516 g/mol. The van der Waals surface area contributed by atoms with E-state index in [0.717, 1.165) is 0 Å². The monoisotopic (exact) mass is 515 g/mol. The zero-order chi connectivity index (χ0) is 27.8. The van der Waals surface area contributed by atoms with E-state index in [9.17, 15) is 33.9 Å². The Morgan fingerprint density at radius 3 is 1.72 bits per heavy atom. The Kier molecular flexibility index (Phi) is 15.7. The summed E-state index contributed by atoms with van der Waals surface area (Å²) in [7, 11) is 0. The number of hydrogen-bond acceptors (Lipinski definition) is 8. The topological polar surface area (TPSA) is 263 Å². The van der Waals surface area contributed by atoms with E-state index in [0.29, 0.717) is 19.4 Å². The van der Waals surface area contributed by atoms with Gasteiger partial charge >= 0.3 is 5.97 Å². The molecule has 0 spiro atoms. The second kappa shape index (κ2) is 17.2. The van der Waals surface area contributed by atoms with Crippen molar-refractivity contribution in [3.8, 4) is 0 Å². The number of hydrogen-bond donors (Lipinski definition) is 8. The molecule has 0 radical (unpaired) electrons. The molecule has 4 atom stereocenters. The molecule has 0 aliphatic rings. The molecule has 0 aliphatic heterocycles. The average Bonchev–Trinajstić information content (AvgIpc) is 2.77. The van der Waals surface area contributed by atoms with Gasteiger partial charge in [-0.1, -0.05) is 13.8 Å². The van der Waals surface area contributed by atoms with Crippen LogP contribution in [0.25, 0.3) is 0 Å². The van der Waals surface area contributed by atoms with E-state index in [4.69, 9.17) is 22.9 Å². The van der Waals surface area contributed by atoms with Crippen molar-refractivity contribution in [2.75, 3.05) is 6.54 Å². The molecular weight excluding hydrogens is 474 g/mol. The lowest BCUT2D eigenvalue weighted by molar-refractivity contribution is -0.142. The van der Waals surface area contributed by atoms with Crippen LogP contribution in [0.2, 0.25) is 0 Å². The molecule has 0 bridgehead atoms. The lowest BCUT2D eigenvalue weighted by atomic mass is 10.0. The highest BCUT2D eigenvalue weighted by molar-refractivity contribution is 5.94. The van der Waals surface area contributed by atoms with Gasteiger partial charge in [-0.05, 0) is 51.0 Å². The molecule has 0 heterocycles. The number of amides is 5. The maximum atomic E-state index is 13.1. The van der Waals surface area contributed by atoms with Crippen molar-refractivity contribution < 1.29 is 33.9 Å². The number of primary amides is 2. The summed E-state index contributed by atoms with van der Waals surface area (Å²) in [6.07, 6.45) is 0.862. The summed E-state index contributed by atoms with van der Waals surface area (Å²) in [4.78, 5) is 71.9. The van der Waals surface area contributed by atoms with Crippen LogP contribution in [0, 0.1) is 5.92 Å². The molecule has 206 valence electrons. The number of nitrogens with one attached hydrogen (secondary N) is 3. The molecule has 14 heteroatoms. The third-order valence-electron chi connectivity index (χ3n) is 5.25. The highest BCUT2D eigenvalue weighted by atomic mass is 16.4. The van der Waals surface area contributed by atoms with Gasteiger partial charge in [-0.15, -0.1) is 0 Å². The summed E-state index contributed by atoms with van der Waals surface area (Å²) < 4.78 is 0. The van der Waals surface area contributed by atoms with Crippen LogP contribution in [-0.2, 0) is 28.8 Å². The first-order valence-electron chi connectivity index (χ1n) is 11.9. The lowest BCUT2D eigenvalue weighted by Gasteiger charge is -2.26. The first-order chi connectivity index (χ1) is 16.8. The van der Waals surface area contributed by atoms with Gasteiger partial charge in [0.05, 0.1) is 6.04 Å². The van der Waals surface area contributed by atoms with Gasteiger partial charge in [0, 0.05) is 12.8 Å². The summed E-state index contributed by atoms with van der Waals surface area (Å²) in [5, 5.41) is 16.8. The van der Waals surface area contributed by atoms with Crippen LogP contribution >= 0.6 is 0 Å². The molecule has 0 saturated carbocycles. The van der Waals surface area contributed by atoms with Crippen LogP contribution in [-0.4, -0.2) is 71.3 Å². The minimum absolute atomic E-state index is 0.00316. The van der Waals surface area contributed by atoms with Crippen LogP contribution in [0.4, 0.5) is 0 Å². The largest absolute Gasteiger partial charge is 0.480 e. The van der Waals surface area contributed by atoms with E-state index >= 15 is 0 Å². The summed E-state index contributed by atoms with van der Waals surface area (Å²) in [6, 6.07) is -4.60. The van der Waals surface area contributed by atoms with Crippen molar-refractivity contribution in [2.24, 2.45) is 28.9 Å². The standard InChI is InChI=1S/C22H41N7O7/c1-12(2)11-16(29-19(32)13(24)6-8-17(25)30)21(34)27-14(5-3-4-10-23)20(33)28-15(22(35)36)7-9-18(26)31/h12-16H,3-11,23-24H2,1-2H3,(H2,25,30)(H2,26,31)(H,27,34)(H,28,33)(H,29,32)(H,35,36). The molecule has 36 heavy (non-hydrogen) atoms. The lowest BCUT2D eigenvalue weighted by Crippen LogP contribution is -2.57. The number of carbonyl (C=O) groups is 6. The van der Waals surface area contributed by atoms with E-state index in [1.54, 1.807) is 0 Å². The first kappa shape index (κ1) is 32.7. The van der Waals surface area contributed by atoms with Crippen LogP contribution in [0.15, 0.2) is 0 Å². The number of unbranched alkanes of at least 4 members (excludes halogenated alkanes) is 1. The van der Waals surface area contributed by atoms with Crippen molar-refractivity contribution in [3.05, 3.63) is 0 Å². The number of rotatable bonds is 19. The zero-order valence-corrected chi connectivity index (χ0v) is 21.0. The summed E-state index contributed by atoms with van der Waals surface area (Å²) >= 11 is 0. The molecule has 12 N–H and O–H groups in total. The molecule has 0 fully saturated rings. The molecule has 0 rings (SSSR count). The molecule has 0 aromatic heterocycles. The number of aliphatic carboxylic acids is 1. The SMILES string of the molecule is CC(C)CC(NC(=O)C(N)CCC(N)=O)C(=O)NC(CCCCN)C(=O)NC(CCC(N)=O)C(=O)O. The van der Waals surface area contributed by atoms with Crippen molar-refractivity contribution in [3.63, 3.8) is 0 Å². The minimum atomic E-state index is -1.38. The Morgan fingerprint density at radius 1 is 0.722 bits per heavy atom. The zero-order valence-electron chi connectivity index (χ0n) is 21.0. The third kappa shape index (κ3) is 14.2. The van der Waals surface area contributed by atoms with Crippen LogP contribution in [0.5, 0.6) is 0 Å². The predicted octanol–water partition coefficient (Wildman–Crippen LogP) is -2.44. The fraction of sp³-hybridized carbons (Fsp3) is 0.727. The highest BCUT2D eigenvalue weighted by Gasteiger charge is 2.30. The van der Waals surface area contributed by atoms with E-state index in [2.05, 4.69) is 16.0 Å². The molecule has 0 aromatic rings. The van der Waals surface area contributed by atoms with Gasteiger partial charge in [0.25, 0.3) is 0 Å². The third-order valence-corrected chi connectivity index (χ3v) is 5.25. The van der Waals surface area contributed by atoms with Gasteiger partial charge in [0.1, 0.15) is 18.1 Å². The first-order valence-corrected chi connectivity index (χ1v) is 11.9. The minimum Gasteiger partial charge on any atom is -0.480 e. The Balaban J connectivity index is 5.51. The number of carbonyl (C=O) groups excluding carboxylic acids is 5. The summed E-state index contributed by atoms with van der Waals surface area (Å²) in [6.45, 7) is 4.02. The second-order valence-corrected chi connectivity index (χ2v) is 9.05. The fourth-order valence-corrected chi connectivity index (χ4v) is 3.26. The van der Waals surface area contributed by atoms with Crippen molar-refractivity contribution >= 4 is 35.5 Å². The molecule has 4 unspecified atom stereocenters. The van der Waals surface area contributed by atoms with Gasteiger partial charge in [-0.2, -0.15) is 0 Å². The maximum Gasteiger partial charge on any atom is 0.326 e. The van der Waals surface area contributed by atoms with E-state index < -0.39 is 59.7 Å². The van der Waals surface area contributed by atoms with E-state index in [1.165, 1.54) is 0 Å². The summed E-state index contributed by atoms with van der Waals surface area (Å²) in [5.74, 6) is -4.77. The van der Waals surface area contributed by atoms with E-state index in [1.807, 2.05) is 13.8 Å². The molecule has 14 nitrogen and oxygen atoms in total. The smallest absolute Gasteiger partial charge is 0.326 e. The van der Waals surface area contributed by atoms with Crippen molar-refractivity contribution in [2.45, 2.75) is 89.4 Å². The quantitative estimate of drug-likeness (QED) is 0.0848. The fourth-order valence-electron chi connectivity index (χ4n) is 3.26. The Morgan fingerprint density at radius 2 is 1.22 bits per heavy atom. The Labute approximate surface area is 210 Å². The van der Waals surface area contributed by atoms with Crippen LogP contribution < -0.4 is 38.9 Å². The van der Waals surface area contributed by atoms with Gasteiger partial charge < -0.3 is 44.0 Å². The summed E-state index contributed by atoms with van der Waals surface area (Å²) in [5.41, 5.74) is 21.5. The molecule has 0 saturated heterocycles. The van der Waals surface area contributed by atoms with Crippen LogP contribution in [0.1, 0.15) is 65.2 Å².